The van der Waals surface area contributed by atoms with Crippen molar-refractivity contribution in [1.82, 2.24) is 4.98 Å². The van der Waals surface area contributed by atoms with Gasteiger partial charge in [0.05, 0.1) is 11.4 Å². The monoisotopic (exact) mass is 392 g/mol. The molecule has 3 rings (SSSR count). The lowest BCUT2D eigenvalue weighted by atomic mass is 10.1. The molecule has 0 radical (unpaired) electrons. The van der Waals surface area contributed by atoms with Gasteiger partial charge in [-0.1, -0.05) is 41.4 Å². The fraction of sp³-hybridized carbons (Fsp3) is 0.0526. The predicted octanol–water partition coefficient (Wildman–Crippen LogP) is 5.44. The number of amides is 1. The molecule has 1 aromatic heterocycles. The molecule has 0 spiro atoms. The minimum Gasteiger partial charge on any atom is -0.324 e. The summed E-state index contributed by atoms with van der Waals surface area (Å²) in [6.45, 7) is 0. The lowest BCUT2D eigenvalue weighted by Gasteiger charge is -2.09. The van der Waals surface area contributed by atoms with Gasteiger partial charge in [0.1, 0.15) is 11.6 Å². The van der Waals surface area contributed by atoms with Crippen LogP contribution >= 0.6 is 23.2 Å². The first-order valence-corrected chi connectivity index (χ1v) is 8.43. The molecular formula is C19H12Cl2F2N2O. The van der Waals surface area contributed by atoms with E-state index in [1.807, 2.05) is 0 Å². The van der Waals surface area contributed by atoms with Gasteiger partial charge in [-0.3, -0.25) is 4.79 Å². The summed E-state index contributed by atoms with van der Waals surface area (Å²) in [6, 6.07) is 15.3. The van der Waals surface area contributed by atoms with Crippen LogP contribution < -0.4 is 5.32 Å². The second-order valence-electron chi connectivity index (χ2n) is 5.40. The molecule has 1 heterocycles. The Morgan fingerprint density at radius 2 is 1.69 bits per heavy atom. The molecule has 1 N–H and O–H groups in total. The molecule has 3 aromatic rings. The van der Waals surface area contributed by atoms with Crippen molar-refractivity contribution >= 4 is 34.8 Å². The number of alkyl halides is 2. The van der Waals surface area contributed by atoms with Crippen LogP contribution in [0.25, 0.3) is 22.5 Å². The third-order valence-electron chi connectivity index (χ3n) is 3.58. The van der Waals surface area contributed by atoms with E-state index >= 15 is 0 Å². The zero-order valence-electron chi connectivity index (χ0n) is 13.2. The van der Waals surface area contributed by atoms with Crippen LogP contribution in [-0.4, -0.2) is 15.7 Å². The lowest BCUT2D eigenvalue weighted by molar-refractivity contribution is -0.114. The first-order valence-electron chi connectivity index (χ1n) is 7.56. The number of carbonyl (C=O) groups is 1. The van der Waals surface area contributed by atoms with Gasteiger partial charge in [-0.15, -0.1) is 0 Å². The van der Waals surface area contributed by atoms with Gasteiger partial charge in [0.2, 0.25) is 0 Å². The van der Waals surface area contributed by atoms with Crippen LogP contribution in [-0.2, 0) is 4.79 Å². The highest BCUT2D eigenvalue weighted by molar-refractivity contribution is 6.54. The Morgan fingerprint density at radius 1 is 0.962 bits per heavy atom. The van der Waals surface area contributed by atoms with Crippen LogP contribution in [0.2, 0.25) is 0 Å². The highest BCUT2D eigenvalue weighted by atomic mass is 35.5. The van der Waals surface area contributed by atoms with Crippen LogP contribution in [0.5, 0.6) is 0 Å². The van der Waals surface area contributed by atoms with E-state index in [4.69, 9.17) is 23.2 Å². The molecule has 3 nitrogen and oxygen atoms in total. The third-order valence-corrected chi connectivity index (χ3v) is 3.98. The number of rotatable bonds is 4. The molecule has 132 valence electrons. The molecule has 0 atom stereocenters. The standard InChI is InChI=1S/C19H12Cl2F2N2O/c20-18(21)19(26)24-13-4-1-3-11(9-13)16-5-2-6-17(25-16)14-8-7-12(22)10-15(14)23/h1-10,18H,(H,24,26). The minimum atomic E-state index is -1.18. The van der Waals surface area contributed by atoms with E-state index in [2.05, 4.69) is 10.3 Å². The van der Waals surface area contributed by atoms with E-state index in [0.717, 1.165) is 6.07 Å². The van der Waals surface area contributed by atoms with Crippen molar-refractivity contribution in [2.45, 2.75) is 4.84 Å². The van der Waals surface area contributed by atoms with Crippen molar-refractivity contribution in [3.05, 3.63) is 72.3 Å². The van der Waals surface area contributed by atoms with Crippen LogP contribution in [0.1, 0.15) is 0 Å². The Hall–Kier alpha value is -2.50. The highest BCUT2D eigenvalue weighted by Gasteiger charge is 2.12. The summed E-state index contributed by atoms with van der Waals surface area (Å²) in [5.41, 5.74) is 2.34. The molecule has 0 fully saturated rings. The van der Waals surface area contributed by atoms with Crippen molar-refractivity contribution in [1.29, 1.82) is 0 Å². The van der Waals surface area contributed by atoms with Crippen LogP contribution in [0.15, 0.2) is 60.7 Å². The van der Waals surface area contributed by atoms with E-state index in [9.17, 15) is 13.6 Å². The van der Waals surface area contributed by atoms with E-state index in [-0.39, 0.29) is 5.56 Å². The molecular weight excluding hydrogens is 381 g/mol. The molecule has 0 aliphatic carbocycles. The number of hydrogen-bond donors (Lipinski definition) is 1. The molecule has 0 unspecified atom stereocenters. The van der Waals surface area contributed by atoms with Gasteiger partial charge in [-0.2, -0.15) is 0 Å². The summed E-state index contributed by atoms with van der Waals surface area (Å²) >= 11 is 11.1. The summed E-state index contributed by atoms with van der Waals surface area (Å²) in [7, 11) is 0. The predicted molar refractivity (Wildman–Crippen MR) is 99.1 cm³/mol. The first kappa shape index (κ1) is 18.3. The van der Waals surface area contributed by atoms with Gasteiger partial charge in [-0.05, 0) is 36.4 Å². The van der Waals surface area contributed by atoms with Crippen molar-refractivity contribution in [2.75, 3.05) is 5.32 Å². The first-order chi connectivity index (χ1) is 12.4. The maximum Gasteiger partial charge on any atom is 0.257 e. The maximum absolute atomic E-state index is 14.0. The molecule has 0 saturated carbocycles. The van der Waals surface area contributed by atoms with Gasteiger partial charge >= 0.3 is 0 Å². The number of anilines is 1. The Bertz CT molecular complexity index is 964. The lowest BCUT2D eigenvalue weighted by Crippen LogP contribution is -2.18. The van der Waals surface area contributed by atoms with Gasteiger partial charge < -0.3 is 5.32 Å². The third kappa shape index (κ3) is 4.18. The number of benzene rings is 2. The minimum absolute atomic E-state index is 0.199. The van der Waals surface area contributed by atoms with Crippen LogP contribution in [0.3, 0.4) is 0 Å². The van der Waals surface area contributed by atoms with Gasteiger partial charge in [-0.25, -0.2) is 13.8 Å². The van der Waals surface area contributed by atoms with Crippen molar-refractivity contribution in [2.24, 2.45) is 0 Å². The quantitative estimate of drug-likeness (QED) is 0.600. The number of halogens is 4. The fourth-order valence-corrected chi connectivity index (χ4v) is 2.50. The SMILES string of the molecule is O=C(Nc1cccc(-c2cccc(-c3ccc(F)cc3F)n2)c1)C(Cl)Cl. The Balaban J connectivity index is 1.94. The number of pyridine rings is 1. The summed E-state index contributed by atoms with van der Waals surface area (Å²) in [5, 5.41) is 2.58. The second kappa shape index (κ2) is 7.81. The normalized spacial score (nSPS) is 10.8. The smallest absolute Gasteiger partial charge is 0.257 e. The molecule has 1 amide bonds. The number of hydrogen-bond acceptors (Lipinski definition) is 2. The highest BCUT2D eigenvalue weighted by Crippen LogP contribution is 2.26. The van der Waals surface area contributed by atoms with Crippen molar-refractivity contribution < 1.29 is 13.6 Å². The molecule has 2 aromatic carbocycles. The topological polar surface area (TPSA) is 42.0 Å². The molecule has 26 heavy (non-hydrogen) atoms. The molecule has 0 aliphatic heterocycles. The van der Waals surface area contributed by atoms with E-state index in [1.165, 1.54) is 12.1 Å². The maximum atomic E-state index is 14.0. The van der Waals surface area contributed by atoms with Crippen LogP contribution in [0.4, 0.5) is 14.5 Å². The fourth-order valence-electron chi connectivity index (χ4n) is 2.40. The number of aromatic nitrogens is 1. The zero-order valence-corrected chi connectivity index (χ0v) is 14.7. The number of nitrogens with one attached hydrogen (secondary N) is 1. The summed E-state index contributed by atoms with van der Waals surface area (Å²) in [6.07, 6.45) is 0. The second-order valence-corrected chi connectivity index (χ2v) is 6.50. The summed E-state index contributed by atoms with van der Waals surface area (Å²) in [4.78, 5) is 14.9. The molecule has 7 heteroatoms. The van der Waals surface area contributed by atoms with E-state index in [0.29, 0.717) is 22.6 Å². The number of nitrogens with zero attached hydrogens (tertiary/aromatic N) is 1. The Morgan fingerprint density at radius 3 is 2.42 bits per heavy atom. The van der Waals surface area contributed by atoms with Crippen LogP contribution in [0, 0.1) is 11.6 Å². The Labute approximate surface area is 158 Å². The zero-order chi connectivity index (χ0) is 18.7. The van der Waals surface area contributed by atoms with Gasteiger partial charge in [0.15, 0.2) is 4.84 Å². The average molecular weight is 393 g/mol. The van der Waals surface area contributed by atoms with Gasteiger partial charge in [0.25, 0.3) is 5.91 Å². The van der Waals surface area contributed by atoms with Crippen molar-refractivity contribution in [3.63, 3.8) is 0 Å². The Kier molecular flexibility index (Phi) is 5.49. The van der Waals surface area contributed by atoms with Gasteiger partial charge in [0, 0.05) is 22.9 Å². The molecule has 0 bridgehead atoms. The number of carbonyl (C=O) groups excluding carboxylic acids is 1. The summed E-state index contributed by atoms with van der Waals surface area (Å²) < 4.78 is 27.1. The molecule has 0 aliphatic rings. The molecule has 0 saturated heterocycles. The van der Waals surface area contributed by atoms with Crippen molar-refractivity contribution in [3.8, 4) is 22.5 Å². The average Bonchev–Trinajstić information content (AvgIpc) is 2.62. The van der Waals surface area contributed by atoms with E-state index < -0.39 is 22.4 Å². The van der Waals surface area contributed by atoms with E-state index in [1.54, 1.807) is 42.5 Å². The largest absolute Gasteiger partial charge is 0.324 e. The summed E-state index contributed by atoms with van der Waals surface area (Å²) in [5.74, 6) is -1.88.